The molecule has 126 valence electrons. The fourth-order valence-corrected chi connectivity index (χ4v) is 4.75. The van der Waals surface area contributed by atoms with E-state index in [1.54, 1.807) is 23.2 Å². The molecule has 0 N–H and O–H groups in total. The molecule has 0 bridgehead atoms. The van der Waals surface area contributed by atoms with Crippen molar-refractivity contribution in [3.05, 3.63) is 33.0 Å². The highest BCUT2D eigenvalue weighted by Crippen LogP contribution is 2.50. The Hall–Kier alpha value is -1.80. The van der Waals surface area contributed by atoms with Crippen LogP contribution in [0.25, 0.3) is 0 Å². The third kappa shape index (κ3) is 2.84. The van der Waals surface area contributed by atoms with Crippen LogP contribution in [0.15, 0.2) is 17.5 Å². The van der Waals surface area contributed by atoms with Crippen LogP contribution < -0.4 is 0 Å². The van der Waals surface area contributed by atoms with Crippen LogP contribution in [0.4, 0.5) is 0 Å². The van der Waals surface area contributed by atoms with Gasteiger partial charge in [0.25, 0.3) is 5.91 Å². The Kier molecular flexibility index (Phi) is 4.09. The Labute approximate surface area is 148 Å². The van der Waals surface area contributed by atoms with Crippen molar-refractivity contribution in [2.24, 2.45) is 5.92 Å². The molecule has 4 rings (SSSR count). The van der Waals surface area contributed by atoms with Crippen LogP contribution in [-0.4, -0.2) is 57.4 Å². The van der Waals surface area contributed by atoms with Crippen LogP contribution in [0.2, 0.25) is 0 Å². The van der Waals surface area contributed by atoms with Crippen molar-refractivity contribution in [1.29, 1.82) is 0 Å². The summed E-state index contributed by atoms with van der Waals surface area (Å²) in [6, 6.07) is 4.16. The van der Waals surface area contributed by atoms with Gasteiger partial charge in [-0.25, -0.2) is 0 Å². The number of rotatable bonds is 3. The first-order valence-corrected chi connectivity index (χ1v) is 9.71. The summed E-state index contributed by atoms with van der Waals surface area (Å²) in [6.07, 6.45) is 0.963. The smallest absolute Gasteiger partial charge is 0.267 e. The molecular weight excluding hydrogens is 344 g/mol. The maximum absolute atomic E-state index is 12.6. The van der Waals surface area contributed by atoms with Crippen molar-refractivity contribution in [2.45, 2.75) is 19.3 Å². The molecule has 2 amide bonds. The molecular formula is C16H18N4O2S2. The maximum Gasteiger partial charge on any atom is 0.267 e. The van der Waals surface area contributed by atoms with Crippen LogP contribution in [0.5, 0.6) is 0 Å². The van der Waals surface area contributed by atoms with Gasteiger partial charge in [0.05, 0.1) is 5.69 Å². The first-order chi connectivity index (χ1) is 11.6. The summed E-state index contributed by atoms with van der Waals surface area (Å²) in [5.74, 6) is 0.774. The molecule has 3 heterocycles. The maximum atomic E-state index is 12.6. The highest BCUT2D eigenvalue weighted by molar-refractivity contribution is 7.10. The van der Waals surface area contributed by atoms with E-state index in [1.807, 2.05) is 11.0 Å². The van der Waals surface area contributed by atoms with Crippen LogP contribution >= 0.6 is 22.9 Å². The first-order valence-electron chi connectivity index (χ1n) is 8.05. The molecule has 2 aliphatic rings. The Morgan fingerprint density at radius 3 is 2.58 bits per heavy atom. The lowest BCUT2D eigenvalue weighted by molar-refractivity contribution is -0.134. The van der Waals surface area contributed by atoms with Crippen molar-refractivity contribution < 1.29 is 9.59 Å². The number of nitrogens with zero attached hydrogens (tertiary/aromatic N) is 4. The Morgan fingerprint density at radius 1 is 1.21 bits per heavy atom. The van der Waals surface area contributed by atoms with Gasteiger partial charge >= 0.3 is 0 Å². The number of aromatic nitrogens is 2. The highest BCUT2D eigenvalue weighted by Gasteiger charge is 2.46. The molecule has 1 aliphatic carbocycles. The second-order valence-electron chi connectivity index (χ2n) is 6.27. The van der Waals surface area contributed by atoms with Crippen molar-refractivity contribution in [3.63, 3.8) is 0 Å². The largest absolute Gasteiger partial charge is 0.339 e. The fraction of sp³-hybridized carbons (Fsp3) is 0.500. The van der Waals surface area contributed by atoms with Gasteiger partial charge in [0.2, 0.25) is 5.91 Å². The molecule has 2 unspecified atom stereocenters. The minimum atomic E-state index is -0.0162. The van der Waals surface area contributed by atoms with Crippen LogP contribution in [0.1, 0.15) is 32.6 Å². The van der Waals surface area contributed by atoms with Crippen molar-refractivity contribution in [1.82, 2.24) is 19.4 Å². The number of hydrogen-bond acceptors (Lipinski definition) is 6. The molecule has 24 heavy (non-hydrogen) atoms. The monoisotopic (exact) mass is 362 g/mol. The van der Waals surface area contributed by atoms with E-state index in [0.29, 0.717) is 42.7 Å². The average Bonchev–Trinajstić information content (AvgIpc) is 3.00. The molecule has 0 spiro atoms. The Balaban J connectivity index is 1.33. The minimum Gasteiger partial charge on any atom is -0.339 e. The van der Waals surface area contributed by atoms with Gasteiger partial charge in [0, 0.05) is 42.9 Å². The molecule has 0 aromatic carbocycles. The summed E-state index contributed by atoms with van der Waals surface area (Å²) in [4.78, 5) is 30.7. The van der Waals surface area contributed by atoms with Gasteiger partial charge in [0.15, 0.2) is 0 Å². The molecule has 1 aliphatic heterocycles. The van der Waals surface area contributed by atoms with E-state index in [1.165, 1.54) is 4.88 Å². The summed E-state index contributed by atoms with van der Waals surface area (Å²) < 4.78 is 3.83. The number of hydrogen-bond donors (Lipinski definition) is 0. The van der Waals surface area contributed by atoms with Crippen LogP contribution in [0, 0.1) is 12.8 Å². The van der Waals surface area contributed by atoms with E-state index < -0.39 is 0 Å². The van der Waals surface area contributed by atoms with E-state index in [4.69, 9.17) is 0 Å². The van der Waals surface area contributed by atoms with Gasteiger partial charge in [-0.3, -0.25) is 9.59 Å². The second-order valence-corrected chi connectivity index (χ2v) is 8.00. The molecule has 2 aromatic rings. The zero-order valence-electron chi connectivity index (χ0n) is 13.3. The third-order valence-corrected chi connectivity index (χ3v) is 6.56. The van der Waals surface area contributed by atoms with Gasteiger partial charge in [-0.15, -0.1) is 16.4 Å². The van der Waals surface area contributed by atoms with Crippen molar-refractivity contribution in [2.75, 3.05) is 26.2 Å². The summed E-state index contributed by atoms with van der Waals surface area (Å²) in [5.41, 5.74) is 0.681. The zero-order valence-corrected chi connectivity index (χ0v) is 15.0. The predicted octanol–water partition coefficient (Wildman–Crippen LogP) is 2.00. The summed E-state index contributed by atoms with van der Waals surface area (Å²) >= 11 is 2.87. The van der Waals surface area contributed by atoms with Gasteiger partial charge < -0.3 is 9.80 Å². The Morgan fingerprint density at radius 2 is 1.96 bits per heavy atom. The number of piperazine rings is 1. The van der Waals surface area contributed by atoms with Gasteiger partial charge in [-0.05, 0) is 36.3 Å². The van der Waals surface area contributed by atoms with E-state index in [0.717, 1.165) is 18.0 Å². The molecule has 2 atom stereocenters. The van der Waals surface area contributed by atoms with Crippen molar-refractivity contribution in [3.8, 4) is 0 Å². The lowest BCUT2D eigenvalue weighted by atomic mass is 10.2. The number of amides is 2. The second kappa shape index (κ2) is 6.25. The predicted molar refractivity (Wildman–Crippen MR) is 92.3 cm³/mol. The topological polar surface area (TPSA) is 66.4 Å². The van der Waals surface area contributed by atoms with E-state index >= 15 is 0 Å². The number of carbonyl (C=O) groups is 2. The lowest BCUT2D eigenvalue weighted by Crippen LogP contribution is -2.51. The van der Waals surface area contributed by atoms with E-state index in [-0.39, 0.29) is 17.7 Å². The van der Waals surface area contributed by atoms with Gasteiger partial charge in [-0.1, -0.05) is 10.6 Å². The zero-order chi connectivity index (χ0) is 16.7. The van der Waals surface area contributed by atoms with E-state index in [9.17, 15) is 9.59 Å². The summed E-state index contributed by atoms with van der Waals surface area (Å²) in [5, 5.41) is 5.96. The molecule has 1 saturated heterocycles. The highest BCUT2D eigenvalue weighted by atomic mass is 32.1. The molecule has 2 aromatic heterocycles. The number of thiophene rings is 1. The number of aryl methyl sites for hydroxylation is 1. The SMILES string of the molecule is Cc1nnsc1C(=O)N1CCN(C(=O)C2CC2c2cccs2)CC1. The Bertz CT molecular complexity index is 750. The standard InChI is InChI=1S/C16H18N4O2S2/c1-10-14(24-18-17-10)16(22)20-6-4-19(5-7-20)15(21)12-9-11(12)13-3-2-8-23-13/h2-3,8,11-12H,4-7,9H2,1H3. The molecule has 1 saturated carbocycles. The third-order valence-electron chi connectivity index (χ3n) is 4.74. The van der Waals surface area contributed by atoms with E-state index in [2.05, 4.69) is 21.0 Å². The molecule has 6 nitrogen and oxygen atoms in total. The summed E-state index contributed by atoms with van der Waals surface area (Å²) in [7, 11) is 0. The molecule has 0 radical (unpaired) electrons. The summed E-state index contributed by atoms with van der Waals surface area (Å²) in [6.45, 7) is 4.19. The fourth-order valence-electron chi connectivity index (χ4n) is 3.22. The quantitative estimate of drug-likeness (QED) is 0.838. The first kappa shape index (κ1) is 15.7. The van der Waals surface area contributed by atoms with Gasteiger partial charge in [0.1, 0.15) is 4.88 Å². The molecule has 2 fully saturated rings. The van der Waals surface area contributed by atoms with Crippen molar-refractivity contribution >= 4 is 34.7 Å². The number of carbonyl (C=O) groups excluding carboxylic acids is 2. The minimum absolute atomic E-state index is 0.0162. The van der Waals surface area contributed by atoms with Crippen LogP contribution in [-0.2, 0) is 4.79 Å². The normalized spacial score (nSPS) is 23.4. The van der Waals surface area contributed by atoms with Crippen LogP contribution in [0.3, 0.4) is 0 Å². The lowest BCUT2D eigenvalue weighted by Gasteiger charge is -2.34. The van der Waals surface area contributed by atoms with Gasteiger partial charge in [-0.2, -0.15) is 0 Å². The molecule has 8 heteroatoms. The average molecular weight is 362 g/mol.